The number of hydrogen-bond acceptors (Lipinski definition) is 8. The largest absolute Gasteiger partial charge is 0.497 e. The number of nitrogens with one attached hydrogen (secondary N) is 1. The zero-order valence-electron chi connectivity index (χ0n) is 27.2. The molecule has 0 radical (unpaired) electrons. The van der Waals surface area contributed by atoms with Crippen molar-refractivity contribution < 1.29 is 37.0 Å². The molecule has 0 aliphatic heterocycles. The summed E-state index contributed by atoms with van der Waals surface area (Å²) in [7, 11) is 1.22. The van der Waals surface area contributed by atoms with Gasteiger partial charge in [0, 0.05) is 30.2 Å². The van der Waals surface area contributed by atoms with Crippen LogP contribution in [0.5, 0.6) is 23.0 Å². The van der Waals surface area contributed by atoms with Crippen LogP contribution in [0.15, 0.2) is 65.6 Å². The fourth-order valence-electron chi connectivity index (χ4n) is 4.74. The maximum Gasteiger partial charge on any atom is 0.265 e. The Morgan fingerprint density at radius 2 is 1.48 bits per heavy atom. The highest BCUT2D eigenvalue weighted by molar-refractivity contribution is 7.92. The van der Waals surface area contributed by atoms with Crippen LogP contribution in [0, 0.1) is 5.92 Å². The van der Waals surface area contributed by atoms with Crippen molar-refractivity contribution in [3.63, 3.8) is 0 Å². The summed E-state index contributed by atoms with van der Waals surface area (Å²) in [4.78, 5) is 29.1. The molecule has 0 fully saturated rings. The predicted molar refractivity (Wildman–Crippen MR) is 178 cm³/mol. The van der Waals surface area contributed by atoms with Gasteiger partial charge in [0.05, 0.1) is 39.0 Å². The third-order valence-corrected chi connectivity index (χ3v) is 9.22. The summed E-state index contributed by atoms with van der Waals surface area (Å²) in [5.41, 5.74) is 0.773. The summed E-state index contributed by atoms with van der Waals surface area (Å²) < 4.78 is 51.4. The highest BCUT2D eigenvalue weighted by Crippen LogP contribution is 2.38. The van der Waals surface area contributed by atoms with E-state index in [1.165, 1.54) is 57.6 Å². The van der Waals surface area contributed by atoms with E-state index in [1.54, 1.807) is 43.3 Å². The number of benzene rings is 3. The zero-order chi connectivity index (χ0) is 34.0. The summed E-state index contributed by atoms with van der Waals surface area (Å²) >= 11 is 6.10. The van der Waals surface area contributed by atoms with Crippen molar-refractivity contribution in [3.05, 3.63) is 71.2 Å². The molecular formula is C33H42ClN3O8S. The lowest BCUT2D eigenvalue weighted by molar-refractivity contribution is -0.140. The van der Waals surface area contributed by atoms with E-state index in [4.69, 9.17) is 30.5 Å². The second kappa shape index (κ2) is 16.4. The van der Waals surface area contributed by atoms with Gasteiger partial charge < -0.3 is 29.2 Å². The average molecular weight is 676 g/mol. The van der Waals surface area contributed by atoms with Crippen LogP contribution in [0.1, 0.15) is 32.8 Å². The first-order chi connectivity index (χ1) is 21.9. The molecule has 0 spiro atoms. The van der Waals surface area contributed by atoms with Crippen LogP contribution < -0.4 is 28.6 Å². The van der Waals surface area contributed by atoms with Crippen LogP contribution in [0.3, 0.4) is 0 Å². The summed E-state index contributed by atoms with van der Waals surface area (Å²) in [5, 5.41) is 3.43. The highest BCUT2D eigenvalue weighted by atomic mass is 35.5. The summed E-state index contributed by atoms with van der Waals surface area (Å²) in [5.74, 6) is 0.267. The van der Waals surface area contributed by atoms with Crippen LogP contribution in [0.25, 0.3) is 0 Å². The molecule has 0 saturated heterocycles. The number of rotatable bonds is 16. The summed E-state index contributed by atoms with van der Waals surface area (Å²) in [6.45, 7) is 5.52. The van der Waals surface area contributed by atoms with Gasteiger partial charge in [-0.25, -0.2) is 8.42 Å². The minimum atomic E-state index is -4.45. The first-order valence-corrected chi connectivity index (χ1v) is 16.5. The molecule has 0 aliphatic rings. The monoisotopic (exact) mass is 675 g/mol. The molecule has 1 atom stereocenters. The molecule has 2 amide bonds. The Bertz CT molecular complexity index is 1600. The highest BCUT2D eigenvalue weighted by Gasteiger charge is 2.35. The molecule has 250 valence electrons. The minimum absolute atomic E-state index is 0.0309. The van der Waals surface area contributed by atoms with E-state index in [0.717, 1.165) is 4.31 Å². The standard InChI is InChI=1S/C33H42ClN3O8S/c1-8-27(33(39)35-19-22(2)3)36(20-23-9-11-24(34)12-10-23)32(38)21-37(28-17-25(42-4)13-15-29(28)43-5)46(40,41)26-14-16-30(44-6)31(18-26)45-7/h9-18,22,27H,8,19-21H2,1-7H3,(H,35,39). The number of hydrogen-bond donors (Lipinski definition) is 1. The van der Waals surface area contributed by atoms with Gasteiger partial charge in [-0.15, -0.1) is 0 Å². The lowest BCUT2D eigenvalue weighted by atomic mass is 10.1. The molecule has 11 nitrogen and oxygen atoms in total. The lowest BCUT2D eigenvalue weighted by Gasteiger charge is -2.33. The first kappa shape index (κ1) is 36.3. The van der Waals surface area contributed by atoms with E-state index < -0.39 is 28.5 Å². The number of ether oxygens (including phenoxy) is 4. The number of amides is 2. The van der Waals surface area contributed by atoms with Crippen molar-refractivity contribution >= 4 is 39.1 Å². The number of carbonyl (C=O) groups is 2. The Hall–Kier alpha value is -4.16. The van der Waals surface area contributed by atoms with Gasteiger partial charge in [-0.3, -0.25) is 13.9 Å². The van der Waals surface area contributed by atoms with Crippen LogP contribution in [-0.4, -0.2) is 72.7 Å². The van der Waals surface area contributed by atoms with E-state index in [1.807, 2.05) is 13.8 Å². The molecule has 46 heavy (non-hydrogen) atoms. The van der Waals surface area contributed by atoms with Gasteiger partial charge in [-0.1, -0.05) is 44.5 Å². The fourth-order valence-corrected chi connectivity index (χ4v) is 6.30. The Kier molecular flexibility index (Phi) is 13.0. The third-order valence-electron chi connectivity index (χ3n) is 7.21. The fraction of sp³-hybridized carbons (Fsp3) is 0.394. The Labute approximate surface area is 276 Å². The second-order valence-corrected chi connectivity index (χ2v) is 13.1. The van der Waals surface area contributed by atoms with Crippen LogP contribution >= 0.6 is 11.6 Å². The number of carbonyl (C=O) groups excluding carboxylic acids is 2. The van der Waals surface area contributed by atoms with Gasteiger partial charge in [0.25, 0.3) is 10.0 Å². The molecule has 0 saturated carbocycles. The van der Waals surface area contributed by atoms with Crippen molar-refractivity contribution in [1.29, 1.82) is 0 Å². The number of methoxy groups -OCH3 is 4. The van der Waals surface area contributed by atoms with Crippen molar-refractivity contribution in [2.45, 2.75) is 44.7 Å². The number of anilines is 1. The van der Waals surface area contributed by atoms with Crippen LogP contribution in [0.4, 0.5) is 5.69 Å². The number of halogens is 1. The van der Waals surface area contributed by atoms with Gasteiger partial charge in [-0.2, -0.15) is 0 Å². The smallest absolute Gasteiger partial charge is 0.265 e. The Morgan fingerprint density at radius 1 is 0.848 bits per heavy atom. The van der Waals surface area contributed by atoms with E-state index in [0.29, 0.717) is 28.6 Å². The molecular weight excluding hydrogens is 634 g/mol. The molecule has 3 rings (SSSR count). The Morgan fingerprint density at radius 3 is 2.04 bits per heavy atom. The third kappa shape index (κ3) is 8.76. The maximum absolute atomic E-state index is 14.4. The van der Waals surface area contributed by atoms with Gasteiger partial charge in [0.1, 0.15) is 24.1 Å². The lowest BCUT2D eigenvalue weighted by Crippen LogP contribution is -2.52. The first-order valence-electron chi connectivity index (χ1n) is 14.7. The van der Waals surface area contributed by atoms with E-state index in [-0.39, 0.29) is 46.9 Å². The van der Waals surface area contributed by atoms with Crippen molar-refractivity contribution in [3.8, 4) is 23.0 Å². The summed E-state index contributed by atoms with van der Waals surface area (Å²) in [6.07, 6.45) is 0.286. The topological polar surface area (TPSA) is 124 Å². The van der Waals surface area contributed by atoms with Crippen molar-refractivity contribution in [1.82, 2.24) is 10.2 Å². The molecule has 13 heteroatoms. The van der Waals surface area contributed by atoms with Gasteiger partial charge in [0.2, 0.25) is 11.8 Å². The molecule has 0 aromatic heterocycles. The SMILES string of the molecule is CCC(C(=O)NCC(C)C)N(Cc1ccc(Cl)cc1)C(=O)CN(c1cc(OC)ccc1OC)S(=O)(=O)c1ccc(OC)c(OC)c1. The predicted octanol–water partition coefficient (Wildman–Crippen LogP) is 5.15. The van der Waals surface area contributed by atoms with E-state index in [2.05, 4.69) is 5.32 Å². The molecule has 0 heterocycles. The van der Waals surface area contributed by atoms with Gasteiger partial charge in [-0.05, 0) is 54.3 Å². The van der Waals surface area contributed by atoms with E-state index >= 15 is 0 Å². The van der Waals surface area contributed by atoms with Gasteiger partial charge in [0.15, 0.2) is 11.5 Å². The van der Waals surface area contributed by atoms with Crippen molar-refractivity contribution in [2.75, 3.05) is 45.8 Å². The molecule has 0 bridgehead atoms. The van der Waals surface area contributed by atoms with E-state index in [9.17, 15) is 18.0 Å². The molecule has 1 N–H and O–H groups in total. The van der Waals surface area contributed by atoms with Crippen molar-refractivity contribution in [2.24, 2.45) is 5.92 Å². The maximum atomic E-state index is 14.4. The average Bonchev–Trinajstić information content (AvgIpc) is 3.05. The quantitative estimate of drug-likeness (QED) is 0.221. The van der Waals surface area contributed by atoms with Crippen LogP contribution in [-0.2, 0) is 26.2 Å². The second-order valence-electron chi connectivity index (χ2n) is 10.8. The normalized spacial score (nSPS) is 11.8. The number of sulfonamides is 1. The summed E-state index contributed by atoms with van der Waals surface area (Å²) in [6, 6.07) is 14.8. The molecule has 3 aromatic rings. The van der Waals surface area contributed by atoms with Crippen LogP contribution in [0.2, 0.25) is 5.02 Å². The Balaban J connectivity index is 2.18. The minimum Gasteiger partial charge on any atom is -0.497 e. The molecule has 1 unspecified atom stereocenters. The number of nitrogens with zero attached hydrogens (tertiary/aromatic N) is 2. The van der Waals surface area contributed by atoms with Gasteiger partial charge >= 0.3 is 0 Å². The zero-order valence-corrected chi connectivity index (χ0v) is 28.8. The molecule has 0 aliphatic carbocycles. The molecule has 3 aromatic carbocycles.